The molecule has 0 fully saturated rings. The molecule has 0 aliphatic rings. The summed E-state index contributed by atoms with van der Waals surface area (Å²) in [5.41, 5.74) is 3.26. The number of hydrogen-bond acceptors (Lipinski definition) is 2. The molecule has 104 valence electrons. The smallest absolute Gasteiger partial charge is 0.345 e. The Balaban J connectivity index is 2.15. The van der Waals surface area contributed by atoms with Crippen molar-refractivity contribution in [1.82, 2.24) is 0 Å². The zero-order valence-electron chi connectivity index (χ0n) is 11.7. The van der Waals surface area contributed by atoms with E-state index in [1.807, 2.05) is 44.2 Å². The maximum atomic E-state index is 11.4. The van der Waals surface area contributed by atoms with Gasteiger partial charge in [0.25, 0.3) is 0 Å². The Morgan fingerprint density at radius 2 is 1.85 bits per heavy atom. The molecule has 1 atom stereocenters. The summed E-state index contributed by atoms with van der Waals surface area (Å²) in [7, 11) is 0. The van der Waals surface area contributed by atoms with Gasteiger partial charge in [-0.2, -0.15) is 0 Å². The van der Waals surface area contributed by atoms with E-state index in [4.69, 9.17) is 4.74 Å². The zero-order valence-corrected chi connectivity index (χ0v) is 11.7. The van der Waals surface area contributed by atoms with Crippen molar-refractivity contribution in [2.75, 3.05) is 0 Å². The molecule has 3 nitrogen and oxygen atoms in total. The molecule has 1 unspecified atom stereocenters. The fourth-order valence-corrected chi connectivity index (χ4v) is 2.12. The molecular weight excluding hydrogens is 252 g/mol. The minimum absolute atomic E-state index is 0.357. The van der Waals surface area contributed by atoms with Gasteiger partial charge in [-0.15, -0.1) is 0 Å². The number of para-hydroxylation sites is 1. The molecule has 0 saturated heterocycles. The van der Waals surface area contributed by atoms with Gasteiger partial charge in [0.1, 0.15) is 5.75 Å². The van der Waals surface area contributed by atoms with Crippen LogP contribution in [-0.2, 0) is 11.2 Å². The van der Waals surface area contributed by atoms with Crippen molar-refractivity contribution in [1.29, 1.82) is 0 Å². The molecule has 0 aliphatic heterocycles. The van der Waals surface area contributed by atoms with Gasteiger partial charge in [0.15, 0.2) is 6.10 Å². The third kappa shape index (κ3) is 3.60. The van der Waals surface area contributed by atoms with Gasteiger partial charge in [-0.25, -0.2) is 4.79 Å². The van der Waals surface area contributed by atoms with E-state index in [-0.39, 0.29) is 0 Å². The average molecular weight is 270 g/mol. The molecule has 3 heteroatoms. The molecule has 2 rings (SSSR count). The lowest BCUT2D eigenvalue weighted by Gasteiger charge is -2.16. The van der Waals surface area contributed by atoms with Gasteiger partial charge in [0.2, 0.25) is 0 Å². The molecule has 0 saturated carbocycles. The van der Waals surface area contributed by atoms with E-state index in [0.29, 0.717) is 12.2 Å². The highest BCUT2D eigenvalue weighted by Gasteiger charge is 2.20. The number of carboxylic acids is 1. The lowest BCUT2D eigenvalue weighted by atomic mass is 10.0. The first-order valence-corrected chi connectivity index (χ1v) is 6.57. The average Bonchev–Trinajstić information content (AvgIpc) is 2.42. The molecule has 0 aromatic heterocycles. The molecule has 20 heavy (non-hydrogen) atoms. The van der Waals surface area contributed by atoms with E-state index < -0.39 is 12.1 Å². The van der Waals surface area contributed by atoms with Crippen molar-refractivity contribution in [2.24, 2.45) is 0 Å². The van der Waals surface area contributed by atoms with E-state index in [9.17, 15) is 9.90 Å². The van der Waals surface area contributed by atoms with Crippen LogP contribution in [0, 0.1) is 13.8 Å². The number of aliphatic carboxylic acids is 1. The predicted molar refractivity (Wildman–Crippen MR) is 78.1 cm³/mol. The van der Waals surface area contributed by atoms with Gasteiger partial charge in [-0.05, 0) is 37.1 Å². The van der Waals surface area contributed by atoms with Crippen LogP contribution >= 0.6 is 0 Å². The molecule has 1 N–H and O–H groups in total. The fraction of sp³-hybridized carbons (Fsp3) is 0.235. The van der Waals surface area contributed by atoms with Crippen LogP contribution in [0.3, 0.4) is 0 Å². The Kier molecular flexibility index (Phi) is 4.41. The number of hydrogen-bond donors (Lipinski definition) is 1. The Morgan fingerprint density at radius 1 is 1.15 bits per heavy atom. The van der Waals surface area contributed by atoms with Gasteiger partial charge >= 0.3 is 5.97 Å². The SMILES string of the molecule is Cc1ccc(CC(Oc2ccccc2)C(=O)O)c(C)c1. The van der Waals surface area contributed by atoms with Crippen molar-refractivity contribution in [3.05, 3.63) is 65.2 Å². The van der Waals surface area contributed by atoms with Crippen LogP contribution in [0.25, 0.3) is 0 Å². The van der Waals surface area contributed by atoms with Crippen molar-refractivity contribution in [3.63, 3.8) is 0 Å². The Morgan fingerprint density at radius 3 is 2.45 bits per heavy atom. The molecule has 0 aliphatic carbocycles. The summed E-state index contributed by atoms with van der Waals surface area (Å²) in [4.78, 5) is 11.4. The van der Waals surface area contributed by atoms with E-state index in [1.165, 1.54) is 5.56 Å². The summed E-state index contributed by atoms with van der Waals surface area (Å²) in [6.45, 7) is 4.01. The highest BCUT2D eigenvalue weighted by Crippen LogP contribution is 2.17. The minimum atomic E-state index is -0.950. The van der Waals surface area contributed by atoms with Crippen LogP contribution in [0.4, 0.5) is 0 Å². The van der Waals surface area contributed by atoms with Crippen LogP contribution in [-0.4, -0.2) is 17.2 Å². The largest absolute Gasteiger partial charge is 0.478 e. The highest BCUT2D eigenvalue weighted by molar-refractivity contribution is 5.73. The standard InChI is InChI=1S/C17H18O3/c1-12-8-9-14(13(2)10-12)11-16(17(18)19)20-15-6-4-3-5-7-15/h3-10,16H,11H2,1-2H3,(H,18,19). The Bertz CT molecular complexity index is 590. The first-order valence-electron chi connectivity index (χ1n) is 6.57. The van der Waals surface area contributed by atoms with Gasteiger partial charge in [0, 0.05) is 6.42 Å². The van der Waals surface area contributed by atoms with Crippen LogP contribution in [0.5, 0.6) is 5.75 Å². The van der Waals surface area contributed by atoms with E-state index >= 15 is 0 Å². The van der Waals surface area contributed by atoms with Crippen molar-refractivity contribution in [2.45, 2.75) is 26.4 Å². The number of rotatable bonds is 5. The quantitative estimate of drug-likeness (QED) is 0.906. The van der Waals surface area contributed by atoms with E-state index in [1.54, 1.807) is 12.1 Å². The second kappa shape index (κ2) is 6.24. The normalized spacial score (nSPS) is 11.9. The highest BCUT2D eigenvalue weighted by atomic mass is 16.5. The number of carbonyl (C=O) groups is 1. The lowest BCUT2D eigenvalue weighted by Crippen LogP contribution is -2.29. The fourth-order valence-electron chi connectivity index (χ4n) is 2.12. The molecule has 0 radical (unpaired) electrons. The number of benzene rings is 2. The predicted octanol–water partition coefficient (Wildman–Crippen LogP) is 3.38. The van der Waals surface area contributed by atoms with Gasteiger partial charge < -0.3 is 9.84 Å². The first kappa shape index (κ1) is 14.1. The summed E-state index contributed by atoms with van der Waals surface area (Å²) in [5, 5.41) is 9.32. The number of aryl methyl sites for hydroxylation is 2. The third-order valence-corrected chi connectivity index (χ3v) is 3.20. The van der Waals surface area contributed by atoms with Crippen molar-refractivity contribution < 1.29 is 14.6 Å². The maximum Gasteiger partial charge on any atom is 0.345 e. The third-order valence-electron chi connectivity index (χ3n) is 3.20. The first-order chi connectivity index (χ1) is 9.56. The van der Waals surface area contributed by atoms with Crippen LogP contribution < -0.4 is 4.74 Å². The zero-order chi connectivity index (χ0) is 14.5. The van der Waals surface area contributed by atoms with Gasteiger partial charge in [0.05, 0.1) is 0 Å². The van der Waals surface area contributed by atoms with Crippen LogP contribution in [0.2, 0.25) is 0 Å². The summed E-state index contributed by atoms with van der Waals surface area (Å²) in [6.07, 6.45) is -0.519. The summed E-state index contributed by atoms with van der Waals surface area (Å²) >= 11 is 0. The van der Waals surface area contributed by atoms with Crippen LogP contribution in [0.1, 0.15) is 16.7 Å². The summed E-state index contributed by atoms with van der Waals surface area (Å²) < 4.78 is 5.57. The number of ether oxygens (including phenoxy) is 1. The summed E-state index contributed by atoms with van der Waals surface area (Å²) in [5.74, 6) is -0.376. The topological polar surface area (TPSA) is 46.5 Å². The van der Waals surface area contributed by atoms with Crippen molar-refractivity contribution >= 4 is 5.97 Å². The second-order valence-corrected chi connectivity index (χ2v) is 4.89. The monoisotopic (exact) mass is 270 g/mol. The molecule has 0 amide bonds. The minimum Gasteiger partial charge on any atom is -0.478 e. The van der Waals surface area contributed by atoms with Crippen molar-refractivity contribution in [3.8, 4) is 5.75 Å². The molecule has 2 aromatic carbocycles. The van der Waals surface area contributed by atoms with E-state index in [0.717, 1.165) is 11.1 Å². The molecular formula is C17H18O3. The van der Waals surface area contributed by atoms with Gasteiger partial charge in [-0.3, -0.25) is 0 Å². The summed E-state index contributed by atoms with van der Waals surface area (Å²) in [6, 6.07) is 15.1. The molecule has 0 spiro atoms. The van der Waals surface area contributed by atoms with Gasteiger partial charge in [-0.1, -0.05) is 42.0 Å². The molecule has 2 aromatic rings. The number of carboxylic acid groups (broad SMARTS) is 1. The molecule has 0 bridgehead atoms. The molecule has 0 heterocycles. The van der Waals surface area contributed by atoms with E-state index in [2.05, 4.69) is 6.07 Å². The van der Waals surface area contributed by atoms with Crippen LogP contribution in [0.15, 0.2) is 48.5 Å². The second-order valence-electron chi connectivity index (χ2n) is 4.89. The Labute approximate surface area is 118 Å². The lowest BCUT2D eigenvalue weighted by molar-refractivity contribution is -0.145. The maximum absolute atomic E-state index is 11.4. The Hall–Kier alpha value is -2.29.